The van der Waals surface area contributed by atoms with Gasteiger partial charge in [0.05, 0.1) is 0 Å². The Morgan fingerprint density at radius 1 is 1.38 bits per heavy atom. The molecule has 0 unspecified atom stereocenters. The minimum atomic E-state index is -0.365. The van der Waals surface area contributed by atoms with Gasteiger partial charge in [-0.15, -0.1) is 0 Å². The molecule has 0 bridgehead atoms. The maximum absolute atomic E-state index is 11.2. The molecule has 0 saturated heterocycles. The molecule has 6 nitrogen and oxygen atoms in total. The normalized spacial score (nSPS) is 16.5. The quantitative estimate of drug-likeness (QED) is 0.330. The first-order valence-corrected chi connectivity index (χ1v) is 3.85. The van der Waals surface area contributed by atoms with E-state index >= 15 is 0 Å². The summed E-state index contributed by atoms with van der Waals surface area (Å²) >= 11 is 5.64. The summed E-state index contributed by atoms with van der Waals surface area (Å²) in [6.45, 7) is 0. The van der Waals surface area contributed by atoms with Crippen molar-refractivity contribution in [3.05, 3.63) is 22.5 Å². The number of amides is 1. The van der Waals surface area contributed by atoms with Gasteiger partial charge >= 0.3 is 0 Å². The smallest absolute Gasteiger partial charge is 0.271 e. The highest BCUT2D eigenvalue weighted by Crippen LogP contribution is 2.09. The first-order valence-electron chi connectivity index (χ1n) is 3.47. The molecule has 0 aromatic carbocycles. The first-order chi connectivity index (χ1) is 6.06. The van der Waals surface area contributed by atoms with Gasteiger partial charge in [-0.2, -0.15) is 0 Å². The molecular formula is C6H10ClN5O. The molecule has 0 saturated carbocycles. The minimum absolute atomic E-state index is 0.140. The predicted octanol–water partition coefficient (Wildman–Crippen LogP) is -1.62. The Bertz CT molecular complexity index is 308. The average molecular weight is 204 g/mol. The molecule has 0 radical (unpaired) electrons. The summed E-state index contributed by atoms with van der Waals surface area (Å²) in [7, 11) is 1.49. The predicted molar refractivity (Wildman–Crippen MR) is 48.6 cm³/mol. The van der Waals surface area contributed by atoms with Gasteiger partial charge in [-0.3, -0.25) is 4.79 Å². The number of carbonyl (C=O) groups excluding carboxylic acids is 1. The summed E-state index contributed by atoms with van der Waals surface area (Å²) in [5, 5.41) is 7.67. The van der Waals surface area contributed by atoms with E-state index in [9.17, 15) is 4.79 Å². The van der Waals surface area contributed by atoms with Crippen molar-refractivity contribution in [2.45, 2.75) is 0 Å². The number of hydrogen-bond acceptors (Lipinski definition) is 5. The molecule has 0 aliphatic carbocycles. The Hall–Kier alpha value is -1.56. The van der Waals surface area contributed by atoms with Gasteiger partial charge in [0.15, 0.2) is 0 Å². The fraction of sp³-hybridized carbons (Fsp3) is 0.167. The second-order valence-electron chi connectivity index (χ2n) is 2.35. The Kier molecular flexibility index (Phi) is 2.52. The van der Waals surface area contributed by atoms with Crippen LogP contribution in [0.3, 0.4) is 0 Å². The Morgan fingerprint density at radius 3 is 2.54 bits per heavy atom. The molecule has 1 aliphatic rings. The van der Waals surface area contributed by atoms with E-state index in [1.807, 2.05) is 0 Å². The van der Waals surface area contributed by atoms with Gasteiger partial charge < -0.3 is 27.4 Å². The van der Waals surface area contributed by atoms with Gasteiger partial charge in [-0.05, 0) is 0 Å². The largest absolute Gasteiger partial charge is 0.383 e. The molecule has 1 heterocycles. The average Bonchev–Trinajstić information content (AvgIpc) is 2.10. The topological polar surface area (TPSA) is 105 Å². The third-order valence-electron chi connectivity index (χ3n) is 1.46. The number of rotatable bonds is 1. The monoisotopic (exact) mass is 203 g/mol. The van der Waals surface area contributed by atoms with E-state index in [0.717, 1.165) is 0 Å². The second-order valence-corrected chi connectivity index (χ2v) is 2.72. The lowest BCUT2D eigenvalue weighted by Gasteiger charge is -2.20. The lowest BCUT2D eigenvalue weighted by Crippen LogP contribution is -2.41. The van der Waals surface area contributed by atoms with Gasteiger partial charge in [-0.1, -0.05) is 11.6 Å². The van der Waals surface area contributed by atoms with Crippen LogP contribution in [0.15, 0.2) is 22.5 Å². The van der Waals surface area contributed by atoms with E-state index in [-0.39, 0.29) is 28.4 Å². The van der Waals surface area contributed by atoms with Crippen molar-refractivity contribution >= 4 is 17.5 Å². The highest BCUT2D eigenvalue weighted by atomic mass is 35.5. The number of nitrogens with one attached hydrogen (secondary N) is 3. The molecule has 1 rings (SSSR count). The van der Waals surface area contributed by atoms with Crippen LogP contribution in [-0.4, -0.2) is 13.0 Å². The summed E-state index contributed by atoms with van der Waals surface area (Å²) in [5.41, 5.74) is 11.0. The summed E-state index contributed by atoms with van der Waals surface area (Å²) in [6, 6.07) is 0. The van der Waals surface area contributed by atoms with E-state index in [1.54, 1.807) is 0 Å². The summed E-state index contributed by atoms with van der Waals surface area (Å²) in [5.74, 6) is -0.0382. The SMILES string of the molecule is CNC(=O)C1=C(N)NC(N)=C(Cl)N1. The van der Waals surface area contributed by atoms with Crippen molar-refractivity contribution in [3.8, 4) is 0 Å². The molecule has 0 atom stereocenters. The van der Waals surface area contributed by atoms with Gasteiger partial charge in [-0.25, -0.2) is 0 Å². The zero-order valence-corrected chi connectivity index (χ0v) is 7.70. The zero-order chi connectivity index (χ0) is 10.0. The molecule has 1 amide bonds. The molecule has 72 valence electrons. The van der Waals surface area contributed by atoms with E-state index in [1.165, 1.54) is 7.05 Å². The Balaban J connectivity index is 2.89. The molecule has 0 aromatic rings. The first kappa shape index (κ1) is 9.53. The van der Waals surface area contributed by atoms with Crippen LogP contribution in [0.4, 0.5) is 0 Å². The standard InChI is InChI=1S/C6H10ClN5O/c1-10-6(13)2-4(8)12-5(9)3(7)11-2/h11-12H,8-9H2,1H3,(H,10,13). The van der Waals surface area contributed by atoms with Crippen molar-refractivity contribution < 1.29 is 4.79 Å². The second kappa shape index (κ2) is 3.44. The van der Waals surface area contributed by atoms with E-state index < -0.39 is 0 Å². The number of likely N-dealkylation sites (N-methyl/N-ethyl adjacent to an activating group) is 1. The van der Waals surface area contributed by atoms with Crippen molar-refractivity contribution in [1.82, 2.24) is 16.0 Å². The van der Waals surface area contributed by atoms with E-state index in [2.05, 4.69) is 16.0 Å². The van der Waals surface area contributed by atoms with Crippen molar-refractivity contribution in [2.24, 2.45) is 11.5 Å². The van der Waals surface area contributed by atoms with Crippen LogP contribution in [0.25, 0.3) is 0 Å². The third-order valence-corrected chi connectivity index (χ3v) is 1.76. The molecule has 7 heteroatoms. The number of halogens is 1. The lowest BCUT2D eigenvalue weighted by atomic mass is 10.3. The summed E-state index contributed by atoms with van der Waals surface area (Å²) in [4.78, 5) is 11.2. The van der Waals surface area contributed by atoms with E-state index in [4.69, 9.17) is 23.1 Å². The van der Waals surface area contributed by atoms with Crippen LogP contribution in [0.5, 0.6) is 0 Å². The van der Waals surface area contributed by atoms with Gasteiger partial charge in [0.1, 0.15) is 22.5 Å². The van der Waals surface area contributed by atoms with Crippen molar-refractivity contribution in [3.63, 3.8) is 0 Å². The van der Waals surface area contributed by atoms with Gasteiger partial charge in [0.2, 0.25) is 0 Å². The molecule has 0 fully saturated rings. The maximum atomic E-state index is 11.2. The molecule has 7 N–H and O–H groups in total. The van der Waals surface area contributed by atoms with Crippen molar-refractivity contribution in [1.29, 1.82) is 0 Å². The van der Waals surface area contributed by atoms with Crippen LogP contribution in [-0.2, 0) is 4.79 Å². The van der Waals surface area contributed by atoms with Gasteiger partial charge in [0, 0.05) is 7.05 Å². The molecular weight excluding hydrogens is 194 g/mol. The van der Waals surface area contributed by atoms with Crippen LogP contribution in [0.1, 0.15) is 0 Å². The van der Waals surface area contributed by atoms with E-state index in [0.29, 0.717) is 0 Å². The fourth-order valence-electron chi connectivity index (χ4n) is 0.811. The maximum Gasteiger partial charge on any atom is 0.271 e. The fourth-order valence-corrected chi connectivity index (χ4v) is 0.953. The number of carbonyl (C=O) groups is 1. The molecule has 1 aliphatic heterocycles. The minimum Gasteiger partial charge on any atom is -0.383 e. The molecule has 13 heavy (non-hydrogen) atoms. The van der Waals surface area contributed by atoms with Gasteiger partial charge in [0.25, 0.3) is 5.91 Å². The highest BCUT2D eigenvalue weighted by Gasteiger charge is 2.19. The van der Waals surface area contributed by atoms with Crippen LogP contribution >= 0.6 is 11.6 Å². The number of nitrogens with two attached hydrogens (primary N) is 2. The van der Waals surface area contributed by atoms with Crippen LogP contribution in [0, 0.1) is 0 Å². The lowest BCUT2D eigenvalue weighted by molar-refractivity contribution is -0.117. The Labute approximate surface area is 80.0 Å². The highest BCUT2D eigenvalue weighted by molar-refractivity contribution is 6.30. The zero-order valence-electron chi connectivity index (χ0n) is 6.94. The molecule has 0 aromatic heterocycles. The Morgan fingerprint density at radius 2 is 2.00 bits per heavy atom. The number of hydrogen-bond donors (Lipinski definition) is 5. The van der Waals surface area contributed by atoms with Crippen LogP contribution in [0.2, 0.25) is 0 Å². The third kappa shape index (κ3) is 1.78. The molecule has 0 spiro atoms. The van der Waals surface area contributed by atoms with Crippen molar-refractivity contribution in [2.75, 3.05) is 7.05 Å². The summed E-state index contributed by atoms with van der Waals surface area (Å²) in [6.07, 6.45) is 0. The van der Waals surface area contributed by atoms with Crippen LogP contribution < -0.4 is 27.4 Å². The summed E-state index contributed by atoms with van der Waals surface area (Å²) < 4.78 is 0.